The Bertz CT molecular complexity index is 547. The zero-order valence-electron chi connectivity index (χ0n) is 15.3. The van der Waals surface area contributed by atoms with Gasteiger partial charge in [-0.3, -0.25) is 0 Å². The van der Waals surface area contributed by atoms with E-state index >= 15 is 0 Å². The molecule has 0 N–H and O–H groups in total. The van der Waals surface area contributed by atoms with Crippen LogP contribution in [0.2, 0.25) is 0 Å². The minimum absolute atomic E-state index is 0.179. The first-order valence-electron chi connectivity index (χ1n) is 9.39. The van der Waals surface area contributed by atoms with Gasteiger partial charge in [0, 0.05) is 23.7 Å². The first-order chi connectivity index (χ1) is 11.7. The summed E-state index contributed by atoms with van der Waals surface area (Å²) in [6.07, 6.45) is 14.2. The summed E-state index contributed by atoms with van der Waals surface area (Å²) in [4.78, 5) is 2.66. The Labute approximate surface area is 148 Å². The number of unbranched alkanes of at least 4 members (excludes halogenated alkanes) is 2. The molecule has 1 nitrogen and oxygen atoms in total. The maximum Gasteiger partial charge on any atom is 0.0401 e. The van der Waals surface area contributed by atoms with Crippen LogP contribution in [0.5, 0.6) is 0 Å². The van der Waals surface area contributed by atoms with Crippen molar-refractivity contribution in [3.8, 4) is 0 Å². The molecule has 1 aliphatic rings. The third-order valence-corrected chi connectivity index (χ3v) is 5.42. The lowest BCUT2D eigenvalue weighted by Gasteiger charge is -2.51. The zero-order chi connectivity index (χ0) is 17.4. The standard InChI is InChI=1S/C23H33N/c1-5-9-12-18-24-21-15-11-10-14-20(21)19-23(16-7-3,17-8-4)22(24)13-6-2/h6-8,10-11,14-15,22H,2-5,9,12-13,16-19H2,1H3. The van der Waals surface area contributed by atoms with Crippen molar-refractivity contribution in [1.82, 2.24) is 0 Å². The van der Waals surface area contributed by atoms with Gasteiger partial charge in [-0.25, -0.2) is 0 Å². The summed E-state index contributed by atoms with van der Waals surface area (Å²) in [6, 6.07) is 9.41. The molecule has 0 aromatic heterocycles. The zero-order valence-corrected chi connectivity index (χ0v) is 15.3. The Hall–Kier alpha value is -1.76. The number of hydrogen-bond donors (Lipinski definition) is 0. The van der Waals surface area contributed by atoms with Gasteiger partial charge in [-0.05, 0) is 43.7 Å². The fourth-order valence-corrected chi connectivity index (χ4v) is 4.35. The van der Waals surface area contributed by atoms with Gasteiger partial charge in [0.05, 0.1) is 0 Å². The fourth-order valence-electron chi connectivity index (χ4n) is 4.35. The van der Waals surface area contributed by atoms with Crippen molar-refractivity contribution in [3.63, 3.8) is 0 Å². The Morgan fingerprint density at radius 1 is 1.08 bits per heavy atom. The van der Waals surface area contributed by atoms with Crippen LogP contribution in [0.25, 0.3) is 0 Å². The second-order valence-electron chi connectivity index (χ2n) is 7.09. The van der Waals surface area contributed by atoms with Crippen LogP contribution in [0.15, 0.2) is 62.2 Å². The van der Waals surface area contributed by atoms with Gasteiger partial charge >= 0.3 is 0 Å². The largest absolute Gasteiger partial charge is 0.367 e. The van der Waals surface area contributed by atoms with Gasteiger partial charge in [0.15, 0.2) is 0 Å². The van der Waals surface area contributed by atoms with E-state index in [0.717, 1.165) is 32.2 Å². The lowest BCUT2D eigenvalue weighted by atomic mass is 9.66. The summed E-state index contributed by atoms with van der Waals surface area (Å²) in [6.45, 7) is 15.6. The van der Waals surface area contributed by atoms with Crippen molar-refractivity contribution >= 4 is 5.69 Å². The third kappa shape index (κ3) is 3.83. The first-order valence-corrected chi connectivity index (χ1v) is 9.39. The highest BCUT2D eigenvalue weighted by atomic mass is 15.2. The quantitative estimate of drug-likeness (QED) is 0.359. The average Bonchev–Trinajstić information content (AvgIpc) is 2.58. The molecule has 1 heterocycles. The SMILES string of the molecule is C=CCC1N(CCCCC)c2ccccc2CC1(CC=C)CC=C. The van der Waals surface area contributed by atoms with Crippen molar-refractivity contribution in [3.05, 3.63) is 67.8 Å². The first kappa shape index (κ1) is 18.6. The molecule has 1 heteroatoms. The fraction of sp³-hybridized carbons (Fsp3) is 0.478. The minimum atomic E-state index is 0.179. The summed E-state index contributed by atoms with van der Waals surface area (Å²) in [7, 11) is 0. The number of fused-ring (bicyclic) bond motifs is 1. The van der Waals surface area contributed by atoms with Crippen molar-refractivity contribution in [1.29, 1.82) is 0 Å². The van der Waals surface area contributed by atoms with Crippen LogP contribution in [0.1, 0.15) is 51.0 Å². The van der Waals surface area contributed by atoms with E-state index in [-0.39, 0.29) is 5.41 Å². The maximum absolute atomic E-state index is 4.05. The van der Waals surface area contributed by atoms with Crippen LogP contribution in [-0.4, -0.2) is 12.6 Å². The number of nitrogens with zero attached hydrogens (tertiary/aromatic N) is 1. The molecule has 0 fully saturated rings. The third-order valence-electron chi connectivity index (χ3n) is 5.42. The molecule has 0 aliphatic carbocycles. The van der Waals surface area contributed by atoms with Crippen molar-refractivity contribution < 1.29 is 0 Å². The van der Waals surface area contributed by atoms with Crippen LogP contribution >= 0.6 is 0 Å². The van der Waals surface area contributed by atoms with Gasteiger partial charge in [0.2, 0.25) is 0 Å². The predicted octanol–water partition coefficient (Wildman–Crippen LogP) is 6.32. The van der Waals surface area contributed by atoms with Gasteiger partial charge < -0.3 is 4.90 Å². The van der Waals surface area contributed by atoms with Gasteiger partial charge in [-0.15, -0.1) is 19.7 Å². The van der Waals surface area contributed by atoms with Crippen LogP contribution in [0.4, 0.5) is 5.69 Å². The molecule has 0 saturated heterocycles. The molecule has 1 aromatic rings. The molecule has 1 unspecified atom stereocenters. The van der Waals surface area contributed by atoms with E-state index in [1.807, 2.05) is 0 Å². The molecule has 0 bridgehead atoms. The number of para-hydroxylation sites is 1. The van der Waals surface area contributed by atoms with Crippen LogP contribution in [0, 0.1) is 5.41 Å². The van der Waals surface area contributed by atoms with E-state index in [2.05, 4.69) is 74.1 Å². The summed E-state index contributed by atoms with van der Waals surface area (Å²) < 4.78 is 0. The smallest absolute Gasteiger partial charge is 0.0401 e. The average molecular weight is 324 g/mol. The van der Waals surface area contributed by atoms with Gasteiger partial charge in [-0.1, -0.05) is 56.2 Å². The number of allylic oxidation sites excluding steroid dienone is 2. The molecule has 1 atom stereocenters. The van der Waals surface area contributed by atoms with Crippen molar-refractivity contribution in [2.24, 2.45) is 5.41 Å². The van der Waals surface area contributed by atoms with Crippen LogP contribution in [-0.2, 0) is 6.42 Å². The van der Waals surface area contributed by atoms with E-state index in [4.69, 9.17) is 0 Å². The molecule has 0 radical (unpaired) electrons. The van der Waals surface area contributed by atoms with Gasteiger partial charge in [-0.2, -0.15) is 0 Å². The second-order valence-corrected chi connectivity index (χ2v) is 7.09. The molecular formula is C23H33N. The molecule has 24 heavy (non-hydrogen) atoms. The monoisotopic (exact) mass is 323 g/mol. The summed E-state index contributed by atoms with van der Waals surface area (Å²) in [5.41, 5.74) is 3.07. The number of anilines is 1. The van der Waals surface area contributed by atoms with Crippen LogP contribution < -0.4 is 4.90 Å². The molecule has 2 rings (SSSR count). The van der Waals surface area contributed by atoms with E-state index in [9.17, 15) is 0 Å². The lowest BCUT2D eigenvalue weighted by Crippen LogP contribution is -2.52. The molecule has 0 amide bonds. The minimum Gasteiger partial charge on any atom is -0.367 e. The Kier molecular flexibility index (Phi) is 6.90. The van der Waals surface area contributed by atoms with Gasteiger partial charge in [0.25, 0.3) is 0 Å². The predicted molar refractivity (Wildman–Crippen MR) is 108 cm³/mol. The summed E-state index contributed by atoms with van der Waals surface area (Å²) >= 11 is 0. The van der Waals surface area contributed by atoms with Crippen molar-refractivity contribution in [2.45, 2.75) is 57.9 Å². The van der Waals surface area contributed by atoms with E-state index < -0.39 is 0 Å². The molecular weight excluding hydrogens is 290 g/mol. The normalized spacial score (nSPS) is 18.7. The molecule has 1 aliphatic heterocycles. The highest BCUT2D eigenvalue weighted by Crippen LogP contribution is 2.47. The second kappa shape index (κ2) is 8.92. The van der Waals surface area contributed by atoms with E-state index in [1.165, 1.54) is 30.5 Å². The van der Waals surface area contributed by atoms with Gasteiger partial charge in [0.1, 0.15) is 0 Å². The summed E-state index contributed by atoms with van der Waals surface area (Å²) in [5.74, 6) is 0. The van der Waals surface area contributed by atoms with E-state index in [0.29, 0.717) is 6.04 Å². The molecule has 130 valence electrons. The Balaban J connectivity index is 2.47. The molecule has 0 saturated carbocycles. The van der Waals surface area contributed by atoms with Crippen molar-refractivity contribution in [2.75, 3.05) is 11.4 Å². The van der Waals surface area contributed by atoms with Crippen LogP contribution in [0.3, 0.4) is 0 Å². The maximum atomic E-state index is 4.05. The summed E-state index contributed by atoms with van der Waals surface area (Å²) in [5, 5.41) is 0. The molecule has 1 aromatic carbocycles. The highest BCUT2D eigenvalue weighted by Gasteiger charge is 2.43. The molecule has 0 spiro atoms. The Morgan fingerprint density at radius 3 is 2.42 bits per heavy atom. The lowest BCUT2D eigenvalue weighted by molar-refractivity contribution is 0.203. The topological polar surface area (TPSA) is 3.24 Å². The highest BCUT2D eigenvalue weighted by molar-refractivity contribution is 5.58. The number of benzene rings is 1. The van der Waals surface area contributed by atoms with E-state index in [1.54, 1.807) is 0 Å². The number of rotatable bonds is 10. The Morgan fingerprint density at radius 2 is 1.79 bits per heavy atom. The number of hydrogen-bond acceptors (Lipinski definition) is 1.